The van der Waals surface area contributed by atoms with Crippen molar-refractivity contribution in [1.82, 2.24) is 5.32 Å². The zero-order valence-electron chi connectivity index (χ0n) is 8.81. The third kappa shape index (κ3) is 2.10. The van der Waals surface area contributed by atoms with E-state index in [0.29, 0.717) is 0 Å². The maximum absolute atomic E-state index is 3.50. The van der Waals surface area contributed by atoms with Crippen LogP contribution in [-0.2, 0) is 0 Å². The minimum atomic E-state index is -1.56. The van der Waals surface area contributed by atoms with E-state index < -0.39 is 6.60 Å². The van der Waals surface area contributed by atoms with Crippen LogP contribution >= 0.6 is 6.60 Å². The van der Waals surface area contributed by atoms with Gasteiger partial charge in [0.05, 0.1) is 0 Å². The van der Waals surface area contributed by atoms with Crippen molar-refractivity contribution in [1.29, 1.82) is 0 Å². The Morgan fingerprint density at radius 1 is 1.25 bits per heavy atom. The number of nitrogens with one attached hydrogen (secondary N) is 1. The van der Waals surface area contributed by atoms with Crippen molar-refractivity contribution in [3.05, 3.63) is 23.2 Å². The fourth-order valence-corrected chi connectivity index (χ4v) is 3.84. The molecule has 0 radical (unpaired) electrons. The van der Waals surface area contributed by atoms with Crippen LogP contribution in [0.25, 0.3) is 0 Å². The molecule has 0 spiro atoms. The molecular weight excluding hydrogens is 165 g/mol. The van der Waals surface area contributed by atoms with Crippen molar-refractivity contribution < 1.29 is 0 Å². The molecular formula is C10H20NP. The molecule has 0 bridgehead atoms. The van der Waals surface area contributed by atoms with E-state index in [-0.39, 0.29) is 0 Å². The monoisotopic (exact) mass is 185 g/mol. The zero-order chi connectivity index (χ0) is 9.43. The average Bonchev–Trinajstić information content (AvgIpc) is 1.84. The van der Waals surface area contributed by atoms with E-state index in [2.05, 4.69) is 51.1 Å². The van der Waals surface area contributed by atoms with Gasteiger partial charge in [-0.15, -0.1) is 0 Å². The van der Waals surface area contributed by atoms with Crippen molar-refractivity contribution in [2.75, 3.05) is 33.2 Å². The van der Waals surface area contributed by atoms with Crippen LogP contribution in [0.15, 0.2) is 23.2 Å². The molecule has 1 heterocycles. The average molecular weight is 185 g/mol. The molecule has 0 aromatic rings. The zero-order valence-corrected chi connectivity index (χ0v) is 9.70. The molecule has 0 saturated heterocycles. The second-order valence-electron chi connectivity index (χ2n) is 5.39. The third-order valence-corrected chi connectivity index (χ3v) is 4.32. The van der Waals surface area contributed by atoms with Gasteiger partial charge in [-0.2, -0.15) is 0 Å². The molecule has 0 aromatic carbocycles. The van der Waals surface area contributed by atoms with Gasteiger partial charge in [-0.05, 0) is 0 Å². The summed E-state index contributed by atoms with van der Waals surface area (Å²) in [4.78, 5) is 0. The summed E-state index contributed by atoms with van der Waals surface area (Å²) < 4.78 is 0. The molecule has 0 atom stereocenters. The van der Waals surface area contributed by atoms with Gasteiger partial charge in [0.1, 0.15) is 0 Å². The van der Waals surface area contributed by atoms with Crippen LogP contribution in [0.2, 0.25) is 0 Å². The summed E-state index contributed by atoms with van der Waals surface area (Å²) in [6.45, 7) is 11.2. The van der Waals surface area contributed by atoms with Crippen LogP contribution in [-0.4, -0.2) is 33.2 Å². The summed E-state index contributed by atoms with van der Waals surface area (Å²) >= 11 is 0. The van der Waals surface area contributed by atoms with Crippen LogP contribution in [0.4, 0.5) is 0 Å². The van der Waals surface area contributed by atoms with Gasteiger partial charge in [-0.25, -0.2) is 0 Å². The van der Waals surface area contributed by atoms with E-state index in [1.54, 1.807) is 0 Å². The van der Waals surface area contributed by atoms with Gasteiger partial charge in [-0.1, -0.05) is 0 Å². The van der Waals surface area contributed by atoms with Gasteiger partial charge in [0.25, 0.3) is 0 Å². The van der Waals surface area contributed by atoms with Gasteiger partial charge >= 0.3 is 75.2 Å². The van der Waals surface area contributed by atoms with E-state index >= 15 is 0 Å². The summed E-state index contributed by atoms with van der Waals surface area (Å²) in [5.41, 5.74) is 2.90. The van der Waals surface area contributed by atoms with Crippen molar-refractivity contribution >= 4 is 6.60 Å². The first-order valence-electron chi connectivity index (χ1n) is 4.40. The second kappa shape index (κ2) is 2.60. The first-order valence-corrected chi connectivity index (χ1v) is 8.42. The molecule has 0 amide bonds. The Labute approximate surface area is 75.9 Å². The van der Waals surface area contributed by atoms with Gasteiger partial charge < -0.3 is 0 Å². The van der Waals surface area contributed by atoms with Crippen molar-refractivity contribution in [2.45, 2.75) is 6.92 Å². The Morgan fingerprint density at radius 2 is 1.83 bits per heavy atom. The number of allylic oxidation sites excluding steroid dienone is 2. The molecule has 0 aliphatic carbocycles. The van der Waals surface area contributed by atoms with Crippen molar-refractivity contribution in [2.24, 2.45) is 0 Å². The number of hydrogen-bond acceptors (Lipinski definition) is 1. The van der Waals surface area contributed by atoms with Crippen LogP contribution in [0.1, 0.15) is 6.92 Å². The SMILES string of the molecule is CC1=C(P(C)(C)(C)C)NCC=C1. The predicted molar refractivity (Wildman–Crippen MR) is 60.5 cm³/mol. The fraction of sp³-hybridized carbons (Fsp3) is 0.600. The van der Waals surface area contributed by atoms with Crippen LogP contribution in [0.5, 0.6) is 0 Å². The van der Waals surface area contributed by atoms with Gasteiger partial charge in [0.15, 0.2) is 0 Å². The Kier molecular flexibility index (Phi) is 2.12. The van der Waals surface area contributed by atoms with E-state index in [1.165, 1.54) is 11.0 Å². The molecule has 1 aliphatic heterocycles. The van der Waals surface area contributed by atoms with Crippen molar-refractivity contribution in [3.63, 3.8) is 0 Å². The molecule has 0 saturated carbocycles. The molecule has 70 valence electrons. The number of dihydropyridines is 1. The van der Waals surface area contributed by atoms with Gasteiger partial charge in [0, 0.05) is 0 Å². The molecule has 0 fully saturated rings. The second-order valence-corrected chi connectivity index (χ2v) is 13.0. The van der Waals surface area contributed by atoms with E-state index in [4.69, 9.17) is 0 Å². The number of rotatable bonds is 1. The first-order chi connectivity index (χ1) is 5.27. The molecule has 1 nitrogen and oxygen atoms in total. The summed E-state index contributed by atoms with van der Waals surface area (Å²) in [7, 11) is 0. The maximum atomic E-state index is 3.50. The topological polar surface area (TPSA) is 12.0 Å². The number of hydrogen-bond donors (Lipinski definition) is 1. The molecule has 1 aliphatic rings. The van der Waals surface area contributed by atoms with Crippen LogP contribution in [0.3, 0.4) is 0 Å². The molecule has 1 rings (SSSR count). The summed E-state index contributed by atoms with van der Waals surface area (Å²) in [6.07, 6.45) is 4.41. The Hall–Kier alpha value is -0.290. The van der Waals surface area contributed by atoms with Gasteiger partial charge in [0.2, 0.25) is 0 Å². The molecule has 1 N–H and O–H groups in total. The first kappa shape index (κ1) is 9.80. The summed E-state index contributed by atoms with van der Waals surface area (Å²) in [5, 5.41) is 3.50. The van der Waals surface area contributed by atoms with Crippen LogP contribution < -0.4 is 5.32 Å². The molecule has 0 aromatic heterocycles. The Morgan fingerprint density at radius 3 is 2.17 bits per heavy atom. The predicted octanol–water partition coefficient (Wildman–Crippen LogP) is 2.45. The molecule has 12 heavy (non-hydrogen) atoms. The van der Waals surface area contributed by atoms with E-state index in [0.717, 1.165) is 6.54 Å². The molecule has 0 unspecified atom stereocenters. The summed E-state index contributed by atoms with van der Waals surface area (Å²) in [6, 6.07) is 0. The van der Waals surface area contributed by atoms with E-state index in [1.807, 2.05) is 0 Å². The van der Waals surface area contributed by atoms with E-state index in [9.17, 15) is 0 Å². The normalized spacial score (nSPS) is 21.6. The molecule has 2 heteroatoms. The standard InChI is InChI=1S/C10H20NP/c1-9-7-6-8-11-10(9)12(2,3,4)5/h6-7,11H,8H2,1-5H3. The Bertz CT molecular complexity index is 244. The minimum absolute atomic E-state index is 0.994. The quantitative estimate of drug-likeness (QED) is 0.619. The fourth-order valence-electron chi connectivity index (χ4n) is 1.63. The summed E-state index contributed by atoms with van der Waals surface area (Å²) in [5.74, 6) is 0. The van der Waals surface area contributed by atoms with Crippen LogP contribution in [0, 0.1) is 0 Å². The Balaban J connectivity index is 3.10. The van der Waals surface area contributed by atoms with Crippen molar-refractivity contribution in [3.8, 4) is 0 Å². The van der Waals surface area contributed by atoms with Gasteiger partial charge in [-0.3, -0.25) is 0 Å². The third-order valence-electron chi connectivity index (χ3n) is 2.02.